The topological polar surface area (TPSA) is 81.2 Å². The third kappa shape index (κ3) is 4.05. The number of carbonyl (C=O) groups is 2. The standard InChI is InChI=1S/C22H21N3O3S/c1-12-10-23-13(2)21(25-12)15-4-5-18-16(8-15)9-17(28-18)11-24-22(27)20-7-6-19(29-20)14(3)26/h4-8,10,17H,9,11H2,1-3H3,(H,24,27). The fraction of sp³-hybridized carbons (Fsp3) is 0.273. The minimum Gasteiger partial charge on any atom is -0.488 e. The molecule has 1 N–H and O–H groups in total. The van der Waals surface area contributed by atoms with Crippen molar-refractivity contribution in [3.8, 4) is 17.0 Å². The summed E-state index contributed by atoms with van der Waals surface area (Å²) in [5, 5.41) is 2.90. The van der Waals surface area contributed by atoms with Crippen LogP contribution in [0.2, 0.25) is 0 Å². The number of aromatic nitrogens is 2. The summed E-state index contributed by atoms with van der Waals surface area (Å²) in [7, 11) is 0. The Hall–Kier alpha value is -3.06. The van der Waals surface area contributed by atoms with Crippen LogP contribution < -0.4 is 10.1 Å². The van der Waals surface area contributed by atoms with E-state index < -0.39 is 0 Å². The van der Waals surface area contributed by atoms with Gasteiger partial charge in [-0.2, -0.15) is 0 Å². The first kappa shape index (κ1) is 19.3. The number of hydrogen-bond acceptors (Lipinski definition) is 6. The Labute approximate surface area is 173 Å². The van der Waals surface area contributed by atoms with Gasteiger partial charge in [-0.1, -0.05) is 0 Å². The van der Waals surface area contributed by atoms with Gasteiger partial charge in [0.2, 0.25) is 0 Å². The minimum absolute atomic E-state index is 0.0343. The van der Waals surface area contributed by atoms with E-state index in [-0.39, 0.29) is 17.8 Å². The number of rotatable bonds is 5. The van der Waals surface area contributed by atoms with Crippen molar-refractivity contribution in [2.75, 3.05) is 6.54 Å². The number of nitrogens with one attached hydrogen (secondary N) is 1. The Bertz CT molecular complexity index is 1110. The number of amides is 1. The van der Waals surface area contributed by atoms with Gasteiger partial charge in [0.05, 0.1) is 33.4 Å². The predicted molar refractivity (Wildman–Crippen MR) is 112 cm³/mol. The molecule has 6 nitrogen and oxygen atoms in total. The summed E-state index contributed by atoms with van der Waals surface area (Å²) in [5.74, 6) is 0.614. The number of fused-ring (bicyclic) bond motifs is 1. The van der Waals surface area contributed by atoms with Crippen molar-refractivity contribution in [3.63, 3.8) is 0 Å². The van der Waals surface area contributed by atoms with Crippen LogP contribution in [0.5, 0.6) is 5.75 Å². The first-order chi connectivity index (χ1) is 13.9. The third-order valence-electron chi connectivity index (χ3n) is 4.82. The van der Waals surface area contributed by atoms with E-state index in [2.05, 4.69) is 21.4 Å². The summed E-state index contributed by atoms with van der Waals surface area (Å²) in [5.41, 5.74) is 4.76. The number of aryl methyl sites for hydroxylation is 2. The largest absolute Gasteiger partial charge is 0.488 e. The number of hydrogen-bond donors (Lipinski definition) is 1. The summed E-state index contributed by atoms with van der Waals surface area (Å²) in [4.78, 5) is 33.8. The molecule has 3 aromatic rings. The number of thiophene rings is 1. The molecule has 1 aliphatic rings. The second kappa shape index (κ2) is 7.75. The number of ether oxygens (including phenoxy) is 1. The molecule has 7 heteroatoms. The van der Waals surface area contributed by atoms with E-state index in [1.54, 1.807) is 18.3 Å². The highest BCUT2D eigenvalue weighted by atomic mass is 32.1. The van der Waals surface area contributed by atoms with Crippen LogP contribution in [0.3, 0.4) is 0 Å². The summed E-state index contributed by atoms with van der Waals surface area (Å²) in [6.07, 6.45) is 2.35. The molecule has 0 saturated carbocycles. The van der Waals surface area contributed by atoms with Crippen LogP contribution in [0.15, 0.2) is 36.5 Å². The van der Waals surface area contributed by atoms with Gasteiger partial charge < -0.3 is 10.1 Å². The fourth-order valence-corrected chi connectivity index (χ4v) is 4.15. The first-order valence-electron chi connectivity index (χ1n) is 9.40. The van der Waals surface area contributed by atoms with E-state index in [9.17, 15) is 9.59 Å². The SMILES string of the molecule is CC(=O)c1ccc(C(=O)NCC2Cc3cc(-c4nc(C)cnc4C)ccc3O2)s1. The van der Waals surface area contributed by atoms with Crippen LogP contribution in [-0.4, -0.2) is 34.3 Å². The molecule has 0 radical (unpaired) electrons. The molecule has 1 aromatic carbocycles. The number of carbonyl (C=O) groups excluding carboxylic acids is 2. The van der Waals surface area contributed by atoms with Crippen LogP contribution in [0.25, 0.3) is 11.3 Å². The van der Waals surface area contributed by atoms with E-state index in [4.69, 9.17) is 4.74 Å². The van der Waals surface area contributed by atoms with E-state index in [0.29, 0.717) is 22.7 Å². The molecule has 2 aromatic heterocycles. The van der Waals surface area contributed by atoms with Gasteiger partial charge in [-0.05, 0) is 56.7 Å². The van der Waals surface area contributed by atoms with Gasteiger partial charge in [-0.3, -0.25) is 14.6 Å². The van der Waals surface area contributed by atoms with E-state index >= 15 is 0 Å². The van der Waals surface area contributed by atoms with Crippen molar-refractivity contribution in [2.45, 2.75) is 33.3 Å². The lowest BCUT2D eigenvalue weighted by molar-refractivity contribution is 0.0937. The number of nitrogens with zero attached hydrogens (tertiary/aromatic N) is 2. The minimum atomic E-state index is -0.187. The molecule has 1 amide bonds. The zero-order chi connectivity index (χ0) is 20.5. The lowest BCUT2D eigenvalue weighted by Gasteiger charge is -2.11. The molecule has 3 heterocycles. The zero-order valence-corrected chi connectivity index (χ0v) is 17.3. The monoisotopic (exact) mass is 407 g/mol. The van der Waals surface area contributed by atoms with Gasteiger partial charge >= 0.3 is 0 Å². The Morgan fingerprint density at radius 3 is 2.76 bits per heavy atom. The third-order valence-corrected chi connectivity index (χ3v) is 6.00. The second-order valence-electron chi connectivity index (χ2n) is 7.14. The lowest BCUT2D eigenvalue weighted by Crippen LogP contribution is -2.34. The molecule has 1 atom stereocenters. The molecule has 148 valence electrons. The quantitative estimate of drug-likeness (QED) is 0.652. The van der Waals surface area contributed by atoms with Gasteiger partial charge in [-0.25, -0.2) is 4.98 Å². The van der Waals surface area contributed by atoms with E-state index in [1.165, 1.54) is 18.3 Å². The van der Waals surface area contributed by atoms with Crippen LogP contribution in [-0.2, 0) is 6.42 Å². The van der Waals surface area contributed by atoms with Crippen molar-refractivity contribution in [1.29, 1.82) is 0 Å². The van der Waals surface area contributed by atoms with Gasteiger partial charge in [0.1, 0.15) is 11.9 Å². The molecule has 0 saturated heterocycles. The van der Waals surface area contributed by atoms with Crippen LogP contribution >= 0.6 is 11.3 Å². The maximum atomic E-state index is 12.3. The first-order valence-corrected chi connectivity index (χ1v) is 10.2. The maximum absolute atomic E-state index is 12.3. The average molecular weight is 407 g/mol. The van der Waals surface area contributed by atoms with Crippen LogP contribution in [0, 0.1) is 13.8 Å². The highest BCUT2D eigenvalue weighted by Gasteiger charge is 2.24. The Balaban J connectivity index is 1.42. The van der Waals surface area contributed by atoms with Crippen molar-refractivity contribution < 1.29 is 14.3 Å². The molecule has 4 rings (SSSR count). The van der Waals surface area contributed by atoms with Gasteiger partial charge in [0.15, 0.2) is 5.78 Å². The van der Waals surface area contributed by atoms with Crippen LogP contribution in [0.1, 0.15) is 43.2 Å². The lowest BCUT2D eigenvalue weighted by atomic mass is 10.0. The molecule has 1 unspecified atom stereocenters. The summed E-state index contributed by atoms with van der Waals surface area (Å²) < 4.78 is 5.98. The summed E-state index contributed by atoms with van der Waals surface area (Å²) in [6, 6.07) is 9.39. The highest BCUT2D eigenvalue weighted by molar-refractivity contribution is 7.15. The molecule has 0 aliphatic carbocycles. The van der Waals surface area contributed by atoms with Crippen molar-refractivity contribution in [2.24, 2.45) is 0 Å². The molecular formula is C22H21N3O3S. The molecule has 0 bridgehead atoms. The maximum Gasteiger partial charge on any atom is 0.261 e. The van der Waals surface area contributed by atoms with E-state index in [1.807, 2.05) is 26.0 Å². The smallest absolute Gasteiger partial charge is 0.261 e. The number of benzene rings is 1. The van der Waals surface area contributed by atoms with Crippen molar-refractivity contribution >= 4 is 23.0 Å². The number of Topliss-reactive ketones (excluding diaryl/α,β-unsaturated/α-hetero) is 1. The zero-order valence-electron chi connectivity index (χ0n) is 16.5. The van der Waals surface area contributed by atoms with E-state index in [0.717, 1.165) is 34.0 Å². The Morgan fingerprint density at radius 1 is 1.21 bits per heavy atom. The van der Waals surface area contributed by atoms with Gasteiger partial charge in [0, 0.05) is 18.2 Å². The average Bonchev–Trinajstić information content (AvgIpc) is 3.34. The molecular weight excluding hydrogens is 386 g/mol. The molecule has 0 fully saturated rings. The van der Waals surface area contributed by atoms with Gasteiger partial charge in [0.25, 0.3) is 5.91 Å². The second-order valence-corrected chi connectivity index (χ2v) is 8.23. The predicted octanol–water partition coefficient (Wildman–Crippen LogP) is 3.76. The molecule has 0 spiro atoms. The number of ketones is 1. The molecule has 29 heavy (non-hydrogen) atoms. The van der Waals surface area contributed by atoms with Crippen molar-refractivity contribution in [3.05, 3.63) is 63.2 Å². The normalized spacial score (nSPS) is 14.9. The van der Waals surface area contributed by atoms with Crippen molar-refractivity contribution in [1.82, 2.24) is 15.3 Å². The summed E-state index contributed by atoms with van der Waals surface area (Å²) >= 11 is 1.21. The highest BCUT2D eigenvalue weighted by Crippen LogP contribution is 2.33. The van der Waals surface area contributed by atoms with Crippen LogP contribution in [0.4, 0.5) is 0 Å². The molecule has 1 aliphatic heterocycles. The van der Waals surface area contributed by atoms with Gasteiger partial charge in [-0.15, -0.1) is 11.3 Å². The Kier molecular flexibility index (Phi) is 5.15. The fourth-order valence-electron chi connectivity index (χ4n) is 3.34. The summed E-state index contributed by atoms with van der Waals surface area (Å²) in [6.45, 7) is 5.78. The Morgan fingerprint density at radius 2 is 2.00 bits per heavy atom.